The molecule has 28 heavy (non-hydrogen) atoms. The third-order valence-corrected chi connectivity index (χ3v) is 5.88. The first kappa shape index (κ1) is 21.2. The molecule has 1 N–H and O–H groups in total. The number of hydrogen-bond donors (Lipinski definition) is 1. The van der Waals surface area contributed by atoms with Gasteiger partial charge in [0.15, 0.2) is 0 Å². The Hall–Kier alpha value is -1.50. The van der Waals surface area contributed by atoms with Crippen molar-refractivity contribution in [2.75, 3.05) is 39.3 Å². The van der Waals surface area contributed by atoms with Crippen LogP contribution in [0.5, 0.6) is 0 Å². The molecule has 0 aliphatic carbocycles. The lowest BCUT2D eigenvalue weighted by Crippen LogP contribution is -2.50. The van der Waals surface area contributed by atoms with Crippen LogP contribution in [0.3, 0.4) is 0 Å². The molecule has 2 aliphatic rings. The zero-order valence-corrected chi connectivity index (χ0v) is 17.5. The fraction of sp³-hybridized carbons (Fsp3) is 0.727. The third-order valence-electron chi connectivity index (χ3n) is 5.88. The molecule has 0 spiro atoms. The van der Waals surface area contributed by atoms with Gasteiger partial charge in [0.1, 0.15) is 0 Å². The van der Waals surface area contributed by atoms with Crippen LogP contribution in [-0.2, 0) is 16.1 Å². The van der Waals surface area contributed by atoms with Gasteiger partial charge in [0, 0.05) is 38.1 Å². The predicted molar refractivity (Wildman–Crippen MR) is 111 cm³/mol. The highest BCUT2D eigenvalue weighted by Gasteiger charge is 2.31. The topological polar surface area (TPSA) is 57.7 Å². The van der Waals surface area contributed by atoms with Gasteiger partial charge in [-0.05, 0) is 70.8 Å². The Kier molecular flexibility index (Phi) is 8.25. The van der Waals surface area contributed by atoms with Crippen molar-refractivity contribution in [1.29, 1.82) is 0 Å². The Bertz CT molecular complexity index is 587. The minimum Gasteiger partial charge on any atom is -0.377 e. The van der Waals surface area contributed by atoms with Crippen molar-refractivity contribution < 1.29 is 9.53 Å². The van der Waals surface area contributed by atoms with Gasteiger partial charge in [0.25, 0.3) is 0 Å². The fourth-order valence-electron chi connectivity index (χ4n) is 4.36. The standard InChI is InChI=1S/C22H36N4O2/c1-18(2)28-14-10-24-22(27)20-6-4-11-26(17-20)21-7-12-25(13-8-21)16-19-5-3-9-23-15-19/h3,5,9,15,18,20-21H,4,6-8,10-14,16-17H2,1-2H3,(H,24,27)/t20-/m0/s1. The number of nitrogens with one attached hydrogen (secondary N) is 1. The largest absolute Gasteiger partial charge is 0.377 e. The van der Waals surface area contributed by atoms with E-state index in [1.165, 1.54) is 18.4 Å². The second kappa shape index (κ2) is 10.9. The van der Waals surface area contributed by atoms with E-state index in [4.69, 9.17) is 4.74 Å². The Labute approximate surface area is 169 Å². The number of nitrogens with zero attached hydrogens (tertiary/aromatic N) is 3. The van der Waals surface area contributed by atoms with Crippen LogP contribution in [-0.4, -0.2) is 72.2 Å². The average Bonchev–Trinajstić information content (AvgIpc) is 2.72. The number of piperidine rings is 2. The van der Waals surface area contributed by atoms with E-state index in [1.807, 2.05) is 32.3 Å². The van der Waals surface area contributed by atoms with Gasteiger partial charge in [-0.3, -0.25) is 19.6 Å². The van der Waals surface area contributed by atoms with Crippen LogP contribution in [0.15, 0.2) is 24.5 Å². The molecular weight excluding hydrogens is 352 g/mol. The van der Waals surface area contributed by atoms with Gasteiger partial charge >= 0.3 is 0 Å². The van der Waals surface area contributed by atoms with E-state index in [-0.39, 0.29) is 17.9 Å². The van der Waals surface area contributed by atoms with Crippen molar-refractivity contribution in [1.82, 2.24) is 20.1 Å². The normalized spacial score (nSPS) is 22.5. The van der Waals surface area contributed by atoms with E-state index in [2.05, 4.69) is 26.2 Å². The lowest BCUT2D eigenvalue weighted by molar-refractivity contribution is -0.127. The van der Waals surface area contributed by atoms with Crippen LogP contribution in [0.25, 0.3) is 0 Å². The van der Waals surface area contributed by atoms with Gasteiger partial charge in [-0.1, -0.05) is 6.07 Å². The third kappa shape index (κ3) is 6.54. The fourth-order valence-corrected chi connectivity index (χ4v) is 4.36. The van der Waals surface area contributed by atoms with Gasteiger partial charge < -0.3 is 10.1 Å². The molecule has 0 radical (unpaired) electrons. The van der Waals surface area contributed by atoms with Crippen molar-refractivity contribution in [3.8, 4) is 0 Å². The molecule has 2 aliphatic heterocycles. The second-order valence-electron chi connectivity index (χ2n) is 8.41. The molecule has 1 aromatic rings. The lowest BCUT2D eigenvalue weighted by atomic mass is 9.93. The van der Waals surface area contributed by atoms with Crippen LogP contribution in [0.4, 0.5) is 0 Å². The maximum absolute atomic E-state index is 12.5. The van der Waals surface area contributed by atoms with Crippen LogP contribution < -0.4 is 5.32 Å². The molecule has 0 saturated carbocycles. The zero-order chi connectivity index (χ0) is 19.8. The molecule has 2 saturated heterocycles. The molecule has 1 amide bonds. The summed E-state index contributed by atoms with van der Waals surface area (Å²) in [5.41, 5.74) is 1.29. The number of rotatable bonds is 8. The monoisotopic (exact) mass is 388 g/mol. The van der Waals surface area contributed by atoms with Gasteiger partial charge in [-0.25, -0.2) is 0 Å². The van der Waals surface area contributed by atoms with Crippen molar-refractivity contribution in [3.63, 3.8) is 0 Å². The molecule has 6 heteroatoms. The smallest absolute Gasteiger partial charge is 0.224 e. The molecule has 3 rings (SSSR count). The summed E-state index contributed by atoms with van der Waals surface area (Å²) in [6.45, 7) is 10.5. The Balaban J connectivity index is 1.39. The number of amides is 1. The molecule has 0 aromatic carbocycles. The molecule has 2 fully saturated rings. The van der Waals surface area contributed by atoms with Crippen LogP contribution >= 0.6 is 0 Å². The Morgan fingerprint density at radius 2 is 2.11 bits per heavy atom. The summed E-state index contributed by atoms with van der Waals surface area (Å²) in [7, 11) is 0. The second-order valence-corrected chi connectivity index (χ2v) is 8.41. The summed E-state index contributed by atoms with van der Waals surface area (Å²) in [6.07, 6.45) is 8.52. The first-order valence-electron chi connectivity index (χ1n) is 10.9. The predicted octanol–water partition coefficient (Wildman–Crippen LogP) is 2.30. The molecular formula is C22H36N4O2. The van der Waals surface area contributed by atoms with Crippen molar-refractivity contribution in [2.45, 2.75) is 58.2 Å². The number of aromatic nitrogens is 1. The number of carbonyl (C=O) groups excluding carboxylic acids is 1. The molecule has 6 nitrogen and oxygen atoms in total. The summed E-state index contributed by atoms with van der Waals surface area (Å²) in [5.74, 6) is 0.326. The van der Waals surface area contributed by atoms with E-state index in [9.17, 15) is 4.79 Å². The van der Waals surface area contributed by atoms with Gasteiger partial charge in [-0.2, -0.15) is 0 Å². The number of likely N-dealkylation sites (tertiary alicyclic amines) is 2. The first-order chi connectivity index (χ1) is 13.6. The minimum atomic E-state index is 0.126. The highest BCUT2D eigenvalue weighted by molar-refractivity contribution is 5.78. The summed E-state index contributed by atoms with van der Waals surface area (Å²) in [6, 6.07) is 4.78. The summed E-state index contributed by atoms with van der Waals surface area (Å²) in [5, 5.41) is 3.06. The highest BCUT2D eigenvalue weighted by Crippen LogP contribution is 2.24. The average molecular weight is 389 g/mol. The maximum atomic E-state index is 12.5. The Morgan fingerprint density at radius 3 is 2.82 bits per heavy atom. The maximum Gasteiger partial charge on any atom is 0.224 e. The summed E-state index contributed by atoms with van der Waals surface area (Å²) >= 11 is 0. The molecule has 3 heterocycles. The van der Waals surface area contributed by atoms with E-state index in [0.29, 0.717) is 19.2 Å². The van der Waals surface area contributed by atoms with Crippen LogP contribution in [0.2, 0.25) is 0 Å². The molecule has 156 valence electrons. The van der Waals surface area contributed by atoms with Gasteiger partial charge in [0.2, 0.25) is 5.91 Å². The number of carbonyl (C=O) groups is 1. The Morgan fingerprint density at radius 1 is 1.29 bits per heavy atom. The van der Waals surface area contributed by atoms with Gasteiger partial charge in [0.05, 0.1) is 18.6 Å². The minimum absolute atomic E-state index is 0.126. The first-order valence-corrected chi connectivity index (χ1v) is 10.9. The van der Waals surface area contributed by atoms with Crippen molar-refractivity contribution >= 4 is 5.91 Å². The van der Waals surface area contributed by atoms with Crippen molar-refractivity contribution in [2.24, 2.45) is 5.92 Å². The molecule has 0 bridgehead atoms. The molecule has 1 atom stereocenters. The van der Waals surface area contributed by atoms with Crippen LogP contribution in [0.1, 0.15) is 45.1 Å². The van der Waals surface area contributed by atoms with Crippen molar-refractivity contribution in [3.05, 3.63) is 30.1 Å². The number of pyridine rings is 1. The quantitative estimate of drug-likeness (QED) is 0.693. The highest BCUT2D eigenvalue weighted by atomic mass is 16.5. The van der Waals surface area contributed by atoms with Crippen LogP contribution in [0, 0.1) is 5.92 Å². The molecule has 0 unspecified atom stereocenters. The summed E-state index contributed by atoms with van der Waals surface area (Å²) in [4.78, 5) is 21.8. The van der Waals surface area contributed by atoms with Gasteiger partial charge in [-0.15, -0.1) is 0 Å². The zero-order valence-electron chi connectivity index (χ0n) is 17.5. The van der Waals surface area contributed by atoms with E-state index >= 15 is 0 Å². The van der Waals surface area contributed by atoms with E-state index in [0.717, 1.165) is 45.6 Å². The SMILES string of the molecule is CC(C)OCCNC(=O)[C@H]1CCCN(C2CCN(Cc3cccnc3)CC2)C1. The number of hydrogen-bond acceptors (Lipinski definition) is 5. The van der Waals surface area contributed by atoms with E-state index < -0.39 is 0 Å². The molecule has 1 aromatic heterocycles. The lowest BCUT2D eigenvalue weighted by Gasteiger charge is -2.42. The summed E-state index contributed by atoms with van der Waals surface area (Å²) < 4.78 is 5.51. The van der Waals surface area contributed by atoms with E-state index in [1.54, 1.807) is 0 Å². The number of ether oxygens (including phenoxy) is 1.